The van der Waals surface area contributed by atoms with E-state index in [1.807, 2.05) is 13.8 Å². The molecule has 0 radical (unpaired) electrons. The second kappa shape index (κ2) is 8.49. The van der Waals surface area contributed by atoms with Crippen molar-refractivity contribution in [2.75, 3.05) is 13.7 Å². The van der Waals surface area contributed by atoms with E-state index in [1.165, 1.54) is 7.11 Å². The predicted molar refractivity (Wildman–Crippen MR) is 92.1 cm³/mol. The molecule has 1 aliphatic heterocycles. The minimum atomic E-state index is -0.807. The van der Waals surface area contributed by atoms with Gasteiger partial charge in [-0.1, -0.05) is 34.6 Å². The molecule has 1 saturated heterocycles. The molecule has 0 aromatic rings. The van der Waals surface area contributed by atoms with Crippen molar-refractivity contribution < 1.29 is 19.1 Å². The van der Waals surface area contributed by atoms with Crippen LogP contribution in [-0.4, -0.2) is 37.5 Å². The lowest BCUT2D eigenvalue weighted by Gasteiger charge is -2.32. The minimum absolute atomic E-state index is 0.0202. The summed E-state index contributed by atoms with van der Waals surface area (Å²) < 4.78 is 4.86. The molecule has 1 rings (SSSR count). The first-order chi connectivity index (χ1) is 11.1. The molecule has 0 saturated carbocycles. The summed E-state index contributed by atoms with van der Waals surface area (Å²) in [5.74, 6) is -1.56. The third-order valence-corrected chi connectivity index (χ3v) is 4.61. The monoisotopic (exact) mass is 340 g/mol. The number of carbonyl (C=O) groups is 3. The van der Waals surface area contributed by atoms with Crippen LogP contribution in [0.4, 0.5) is 0 Å². The number of carbonyl (C=O) groups excluding carboxylic acids is 3. The Morgan fingerprint density at radius 3 is 2.46 bits per heavy atom. The standard InChI is InChI=1S/C18H32N2O4/c1-11(10-18(3,4)5)15(21)20-14(17(23)24-6)12(2)13-8-7-9-19-16(13)22/h11-14H,7-10H2,1-6H3,(H,19,22)(H,20,21)/t11-,12-,13-,14-/m0/s1. The maximum Gasteiger partial charge on any atom is 0.328 e. The first-order valence-corrected chi connectivity index (χ1v) is 8.72. The van der Waals surface area contributed by atoms with E-state index in [9.17, 15) is 14.4 Å². The van der Waals surface area contributed by atoms with Crippen molar-refractivity contribution in [2.45, 2.75) is 59.9 Å². The number of methoxy groups -OCH3 is 1. The van der Waals surface area contributed by atoms with Crippen molar-refractivity contribution in [3.05, 3.63) is 0 Å². The molecule has 6 nitrogen and oxygen atoms in total. The molecule has 2 amide bonds. The van der Waals surface area contributed by atoms with Crippen LogP contribution < -0.4 is 10.6 Å². The molecule has 138 valence electrons. The Kier molecular flexibility index (Phi) is 7.24. The molecular formula is C18H32N2O4. The summed E-state index contributed by atoms with van der Waals surface area (Å²) in [6.07, 6.45) is 2.31. The highest BCUT2D eigenvalue weighted by Gasteiger charge is 2.38. The van der Waals surface area contributed by atoms with Gasteiger partial charge in [-0.05, 0) is 30.6 Å². The van der Waals surface area contributed by atoms with Crippen molar-refractivity contribution in [3.63, 3.8) is 0 Å². The van der Waals surface area contributed by atoms with Crippen LogP contribution in [-0.2, 0) is 19.1 Å². The number of hydrogen-bond acceptors (Lipinski definition) is 4. The molecule has 0 unspecified atom stereocenters. The Hall–Kier alpha value is -1.59. The van der Waals surface area contributed by atoms with E-state index in [1.54, 1.807) is 0 Å². The molecule has 0 aliphatic carbocycles. The zero-order chi connectivity index (χ0) is 18.5. The summed E-state index contributed by atoms with van der Waals surface area (Å²) in [5, 5.41) is 5.64. The van der Waals surface area contributed by atoms with Gasteiger partial charge in [0.05, 0.1) is 7.11 Å². The van der Waals surface area contributed by atoms with E-state index >= 15 is 0 Å². The van der Waals surface area contributed by atoms with Gasteiger partial charge in [-0.25, -0.2) is 4.79 Å². The Morgan fingerprint density at radius 1 is 1.33 bits per heavy atom. The maximum absolute atomic E-state index is 12.5. The van der Waals surface area contributed by atoms with Gasteiger partial charge in [-0.15, -0.1) is 0 Å². The SMILES string of the molecule is COC(=O)[C@@H](NC(=O)[C@@H](C)CC(C)(C)C)[C@@H](C)[C@@H]1CCCNC1=O. The van der Waals surface area contributed by atoms with Crippen LogP contribution in [0.3, 0.4) is 0 Å². The van der Waals surface area contributed by atoms with Gasteiger partial charge in [0.1, 0.15) is 6.04 Å². The zero-order valence-electron chi connectivity index (χ0n) is 15.8. The Bertz CT molecular complexity index is 470. The first-order valence-electron chi connectivity index (χ1n) is 8.72. The van der Waals surface area contributed by atoms with E-state index in [-0.39, 0.29) is 35.0 Å². The Labute approximate surface area is 145 Å². The lowest BCUT2D eigenvalue weighted by atomic mass is 9.81. The first kappa shape index (κ1) is 20.5. The van der Waals surface area contributed by atoms with Gasteiger partial charge in [0.2, 0.25) is 11.8 Å². The van der Waals surface area contributed by atoms with Crippen LogP contribution in [0.1, 0.15) is 53.9 Å². The normalized spacial score (nSPS) is 22.1. The number of esters is 1. The molecule has 4 atom stereocenters. The number of nitrogens with one attached hydrogen (secondary N) is 2. The van der Waals surface area contributed by atoms with Crippen LogP contribution in [0.2, 0.25) is 0 Å². The number of ether oxygens (including phenoxy) is 1. The topological polar surface area (TPSA) is 84.5 Å². The van der Waals surface area contributed by atoms with Crippen molar-refractivity contribution in [1.82, 2.24) is 10.6 Å². The average molecular weight is 340 g/mol. The quantitative estimate of drug-likeness (QED) is 0.723. The average Bonchev–Trinajstić information content (AvgIpc) is 2.49. The zero-order valence-corrected chi connectivity index (χ0v) is 15.8. The van der Waals surface area contributed by atoms with Gasteiger partial charge in [0.25, 0.3) is 0 Å². The van der Waals surface area contributed by atoms with E-state index < -0.39 is 12.0 Å². The molecular weight excluding hydrogens is 308 g/mol. The highest BCUT2D eigenvalue weighted by atomic mass is 16.5. The van der Waals surface area contributed by atoms with Crippen LogP contribution >= 0.6 is 0 Å². The van der Waals surface area contributed by atoms with Crippen molar-refractivity contribution in [1.29, 1.82) is 0 Å². The molecule has 0 aromatic heterocycles. The Balaban J connectivity index is 2.83. The minimum Gasteiger partial charge on any atom is -0.467 e. The number of amides is 2. The van der Waals surface area contributed by atoms with Gasteiger partial charge in [0, 0.05) is 18.4 Å². The van der Waals surface area contributed by atoms with Gasteiger partial charge in [0.15, 0.2) is 0 Å². The summed E-state index contributed by atoms with van der Waals surface area (Å²) in [4.78, 5) is 36.8. The van der Waals surface area contributed by atoms with E-state index in [4.69, 9.17) is 4.74 Å². The van der Waals surface area contributed by atoms with Crippen LogP contribution in [0, 0.1) is 23.2 Å². The van der Waals surface area contributed by atoms with Gasteiger partial charge in [-0.2, -0.15) is 0 Å². The van der Waals surface area contributed by atoms with E-state index in [2.05, 4.69) is 31.4 Å². The van der Waals surface area contributed by atoms with E-state index in [0.29, 0.717) is 19.4 Å². The van der Waals surface area contributed by atoms with Gasteiger partial charge < -0.3 is 15.4 Å². The molecule has 0 bridgehead atoms. The van der Waals surface area contributed by atoms with Crippen LogP contribution in [0.5, 0.6) is 0 Å². The van der Waals surface area contributed by atoms with E-state index in [0.717, 1.165) is 6.42 Å². The summed E-state index contributed by atoms with van der Waals surface area (Å²) in [7, 11) is 1.30. The summed E-state index contributed by atoms with van der Waals surface area (Å²) in [6, 6.07) is -0.807. The fourth-order valence-electron chi connectivity index (χ4n) is 3.37. The highest BCUT2D eigenvalue weighted by Crippen LogP contribution is 2.27. The highest BCUT2D eigenvalue weighted by molar-refractivity contribution is 5.87. The molecule has 0 spiro atoms. The van der Waals surface area contributed by atoms with Crippen molar-refractivity contribution in [2.24, 2.45) is 23.2 Å². The smallest absolute Gasteiger partial charge is 0.328 e. The van der Waals surface area contributed by atoms with Gasteiger partial charge >= 0.3 is 5.97 Å². The molecule has 0 aromatic carbocycles. The summed E-state index contributed by atoms with van der Waals surface area (Å²) in [6.45, 7) is 10.6. The number of hydrogen-bond donors (Lipinski definition) is 2. The van der Waals surface area contributed by atoms with Crippen LogP contribution in [0.25, 0.3) is 0 Å². The van der Waals surface area contributed by atoms with Crippen molar-refractivity contribution in [3.8, 4) is 0 Å². The fourth-order valence-corrected chi connectivity index (χ4v) is 3.37. The largest absolute Gasteiger partial charge is 0.467 e. The Morgan fingerprint density at radius 2 is 1.96 bits per heavy atom. The van der Waals surface area contributed by atoms with Gasteiger partial charge in [-0.3, -0.25) is 9.59 Å². The molecule has 1 aliphatic rings. The second-order valence-corrected chi connectivity index (χ2v) is 8.07. The molecule has 2 N–H and O–H groups in total. The fraction of sp³-hybridized carbons (Fsp3) is 0.833. The third kappa shape index (κ3) is 5.80. The maximum atomic E-state index is 12.5. The number of piperidine rings is 1. The lowest BCUT2D eigenvalue weighted by Crippen LogP contribution is -2.52. The number of rotatable bonds is 6. The summed E-state index contributed by atoms with van der Waals surface area (Å²) in [5.41, 5.74) is 0.0202. The predicted octanol–water partition coefficient (Wildman–Crippen LogP) is 1.88. The lowest BCUT2D eigenvalue weighted by molar-refractivity contribution is -0.148. The van der Waals surface area contributed by atoms with Crippen LogP contribution in [0.15, 0.2) is 0 Å². The molecule has 1 heterocycles. The van der Waals surface area contributed by atoms with Crippen molar-refractivity contribution >= 4 is 17.8 Å². The second-order valence-electron chi connectivity index (χ2n) is 8.07. The summed E-state index contributed by atoms with van der Waals surface area (Å²) >= 11 is 0. The molecule has 1 fully saturated rings. The molecule has 6 heteroatoms. The molecule has 24 heavy (non-hydrogen) atoms. The third-order valence-electron chi connectivity index (χ3n) is 4.61.